The average Bonchev–Trinajstić information content (AvgIpc) is 2.66. The van der Waals surface area contributed by atoms with E-state index in [1.54, 1.807) is 29.0 Å². The third-order valence-corrected chi connectivity index (χ3v) is 4.14. The van der Waals surface area contributed by atoms with Gasteiger partial charge in [-0.2, -0.15) is 0 Å². The predicted molar refractivity (Wildman–Crippen MR) is 94.7 cm³/mol. The summed E-state index contributed by atoms with van der Waals surface area (Å²) in [7, 11) is 1.93. The smallest absolute Gasteiger partial charge is 0.409 e. The average molecular weight is 349 g/mol. The molecular formula is C17H27N5O3. The number of carbonyl (C=O) groups is 2. The van der Waals surface area contributed by atoms with Crippen molar-refractivity contribution in [1.82, 2.24) is 19.8 Å². The molecule has 1 aromatic heterocycles. The number of aromatic nitrogens is 2. The summed E-state index contributed by atoms with van der Waals surface area (Å²) in [5.74, 6) is 0.431. The van der Waals surface area contributed by atoms with Crippen LogP contribution in [-0.2, 0) is 4.74 Å². The second-order valence-electron chi connectivity index (χ2n) is 6.00. The molecule has 0 unspecified atom stereocenters. The molecule has 8 heteroatoms. The van der Waals surface area contributed by atoms with Crippen LogP contribution in [0.5, 0.6) is 0 Å². The summed E-state index contributed by atoms with van der Waals surface area (Å²) in [6, 6.07) is 1.64. The van der Waals surface area contributed by atoms with E-state index in [-0.39, 0.29) is 12.0 Å². The Morgan fingerprint density at radius 3 is 2.52 bits per heavy atom. The second kappa shape index (κ2) is 9.19. The van der Waals surface area contributed by atoms with Gasteiger partial charge < -0.3 is 19.4 Å². The molecular weight excluding hydrogens is 322 g/mol. The molecule has 0 aromatic carbocycles. The minimum atomic E-state index is -0.323. The number of anilines is 1. The van der Waals surface area contributed by atoms with Crippen molar-refractivity contribution in [2.45, 2.75) is 26.7 Å². The molecule has 25 heavy (non-hydrogen) atoms. The Balaban J connectivity index is 1.96. The summed E-state index contributed by atoms with van der Waals surface area (Å²) >= 11 is 0. The van der Waals surface area contributed by atoms with Gasteiger partial charge in [-0.25, -0.2) is 14.8 Å². The first-order valence-corrected chi connectivity index (χ1v) is 8.82. The number of hydrogen-bond acceptors (Lipinski definition) is 6. The van der Waals surface area contributed by atoms with Gasteiger partial charge in [0.1, 0.15) is 5.69 Å². The fraction of sp³-hybridized carbons (Fsp3) is 0.647. The first kappa shape index (κ1) is 19.0. The van der Waals surface area contributed by atoms with E-state index in [1.165, 1.54) is 0 Å². The first-order valence-electron chi connectivity index (χ1n) is 8.82. The number of nitrogens with zero attached hydrogens (tertiary/aromatic N) is 5. The number of ether oxygens (including phenoxy) is 1. The maximum Gasteiger partial charge on any atom is 0.409 e. The molecule has 0 aliphatic carbocycles. The molecule has 1 aliphatic rings. The van der Waals surface area contributed by atoms with E-state index in [0.29, 0.717) is 44.4 Å². The molecule has 8 nitrogen and oxygen atoms in total. The summed E-state index contributed by atoms with van der Waals surface area (Å²) in [5, 5.41) is 0. The monoisotopic (exact) mass is 349 g/mol. The van der Waals surface area contributed by atoms with Gasteiger partial charge in [0.15, 0.2) is 0 Å². The zero-order chi connectivity index (χ0) is 18.2. The van der Waals surface area contributed by atoms with E-state index in [9.17, 15) is 9.59 Å². The molecule has 1 aliphatic heterocycles. The topological polar surface area (TPSA) is 78.9 Å². The summed E-state index contributed by atoms with van der Waals surface area (Å²) in [5.41, 5.74) is 0.387. The number of rotatable bonds is 6. The number of carbonyl (C=O) groups excluding carboxylic acids is 2. The van der Waals surface area contributed by atoms with Crippen LogP contribution in [0.2, 0.25) is 0 Å². The predicted octanol–water partition coefficient (Wildman–Crippen LogP) is 1.63. The molecule has 0 radical (unpaired) electrons. The molecule has 1 fully saturated rings. The zero-order valence-electron chi connectivity index (χ0n) is 15.3. The Kier molecular flexibility index (Phi) is 6.97. The molecule has 0 spiro atoms. The van der Waals surface area contributed by atoms with Crippen LogP contribution in [0.4, 0.5) is 10.7 Å². The Morgan fingerprint density at radius 2 is 1.88 bits per heavy atom. The summed E-state index contributed by atoms with van der Waals surface area (Å²) in [4.78, 5) is 38.3. The van der Waals surface area contributed by atoms with E-state index < -0.39 is 0 Å². The molecule has 1 saturated heterocycles. The maximum absolute atomic E-state index is 12.7. The highest BCUT2D eigenvalue weighted by Crippen LogP contribution is 2.11. The summed E-state index contributed by atoms with van der Waals surface area (Å²) in [6.07, 6.45) is 3.44. The van der Waals surface area contributed by atoms with E-state index in [2.05, 4.69) is 16.9 Å². The number of piperazine rings is 1. The van der Waals surface area contributed by atoms with Gasteiger partial charge in [0.2, 0.25) is 5.95 Å². The minimum absolute atomic E-state index is 0.129. The van der Waals surface area contributed by atoms with Gasteiger partial charge >= 0.3 is 6.09 Å². The molecule has 0 saturated carbocycles. The molecule has 0 N–H and O–H groups in total. The van der Waals surface area contributed by atoms with Crippen LogP contribution in [0.3, 0.4) is 0 Å². The lowest BCUT2D eigenvalue weighted by atomic mass is 10.3. The molecule has 0 bridgehead atoms. The number of unbranched alkanes of at least 4 members (excludes halogenated alkanes) is 1. The highest BCUT2D eigenvalue weighted by molar-refractivity contribution is 5.92. The summed E-state index contributed by atoms with van der Waals surface area (Å²) in [6.45, 7) is 7.01. The fourth-order valence-corrected chi connectivity index (χ4v) is 2.62. The van der Waals surface area contributed by atoms with E-state index >= 15 is 0 Å². The third-order valence-electron chi connectivity index (χ3n) is 4.14. The van der Waals surface area contributed by atoms with Crippen molar-refractivity contribution in [2.75, 3.05) is 51.3 Å². The Labute approximate surface area is 148 Å². The van der Waals surface area contributed by atoms with Crippen LogP contribution >= 0.6 is 0 Å². The van der Waals surface area contributed by atoms with Crippen molar-refractivity contribution in [3.63, 3.8) is 0 Å². The minimum Gasteiger partial charge on any atom is -0.450 e. The van der Waals surface area contributed by atoms with Gasteiger partial charge in [-0.15, -0.1) is 0 Å². The van der Waals surface area contributed by atoms with Crippen molar-refractivity contribution in [2.24, 2.45) is 0 Å². The van der Waals surface area contributed by atoms with Crippen LogP contribution in [0.25, 0.3) is 0 Å². The molecule has 1 aromatic rings. The van der Waals surface area contributed by atoms with Gasteiger partial charge in [-0.1, -0.05) is 13.3 Å². The van der Waals surface area contributed by atoms with Crippen molar-refractivity contribution >= 4 is 17.9 Å². The highest BCUT2D eigenvalue weighted by Gasteiger charge is 2.26. The fourth-order valence-electron chi connectivity index (χ4n) is 2.62. The van der Waals surface area contributed by atoms with Crippen molar-refractivity contribution in [3.8, 4) is 0 Å². The Bertz CT molecular complexity index is 587. The first-order chi connectivity index (χ1) is 12.1. The lowest BCUT2D eigenvalue weighted by Crippen LogP contribution is -2.50. The van der Waals surface area contributed by atoms with Gasteiger partial charge in [0.05, 0.1) is 6.61 Å². The molecule has 0 atom stereocenters. The largest absolute Gasteiger partial charge is 0.450 e. The molecule has 2 rings (SSSR count). The van der Waals surface area contributed by atoms with Crippen molar-refractivity contribution in [1.29, 1.82) is 0 Å². The second-order valence-corrected chi connectivity index (χ2v) is 6.00. The van der Waals surface area contributed by atoms with Gasteiger partial charge in [-0.05, 0) is 19.4 Å². The lowest BCUT2D eigenvalue weighted by Gasteiger charge is -2.33. The van der Waals surface area contributed by atoms with Crippen LogP contribution in [-0.4, -0.2) is 78.1 Å². The molecule has 138 valence electrons. The van der Waals surface area contributed by atoms with E-state index in [0.717, 1.165) is 19.4 Å². The number of hydrogen-bond donors (Lipinski definition) is 0. The lowest BCUT2D eigenvalue weighted by molar-refractivity contribution is 0.0566. The maximum atomic E-state index is 12.7. The SMILES string of the molecule is CCCCN(C)c1nccc(C(=O)N2CCN(C(=O)OCC)CC2)n1. The zero-order valence-corrected chi connectivity index (χ0v) is 15.3. The molecule has 2 heterocycles. The Hall–Kier alpha value is -2.38. The van der Waals surface area contributed by atoms with Crippen molar-refractivity contribution < 1.29 is 14.3 Å². The quantitative estimate of drug-likeness (QED) is 0.777. The molecule has 2 amide bonds. The standard InChI is InChI=1S/C17H27N5O3/c1-4-6-9-20(3)16-18-8-7-14(19-16)15(23)21-10-12-22(13-11-21)17(24)25-5-2/h7-8H,4-6,9-13H2,1-3H3. The Morgan fingerprint density at radius 1 is 1.20 bits per heavy atom. The van der Waals surface area contributed by atoms with Crippen LogP contribution in [0, 0.1) is 0 Å². The highest BCUT2D eigenvalue weighted by atomic mass is 16.6. The van der Waals surface area contributed by atoms with Crippen molar-refractivity contribution in [3.05, 3.63) is 18.0 Å². The number of amides is 2. The van der Waals surface area contributed by atoms with Gasteiger partial charge in [-0.3, -0.25) is 4.79 Å². The third kappa shape index (κ3) is 5.04. The van der Waals surface area contributed by atoms with E-state index in [1.807, 2.05) is 11.9 Å². The van der Waals surface area contributed by atoms with Crippen LogP contribution in [0.1, 0.15) is 37.2 Å². The van der Waals surface area contributed by atoms with Crippen LogP contribution < -0.4 is 4.90 Å². The van der Waals surface area contributed by atoms with E-state index in [4.69, 9.17) is 4.74 Å². The van der Waals surface area contributed by atoms with Gasteiger partial charge in [0.25, 0.3) is 5.91 Å². The summed E-state index contributed by atoms with van der Waals surface area (Å²) < 4.78 is 4.99. The van der Waals surface area contributed by atoms with Crippen LogP contribution in [0.15, 0.2) is 12.3 Å². The van der Waals surface area contributed by atoms with Gasteiger partial charge in [0, 0.05) is 46.0 Å². The normalized spacial score (nSPS) is 14.4.